The number of esters is 1. The van der Waals surface area contributed by atoms with E-state index in [9.17, 15) is 4.79 Å². The SMILES string of the molecule is CCOC(=O)c1cccnc1OC1CCCC(N)C1. The Morgan fingerprint density at radius 3 is 3.11 bits per heavy atom. The highest BCUT2D eigenvalue weighted by Crippen LogP contribution is 2.24. The van der Waals surface area contributed by atoms with Gasteiger partial charge in [-0.25, -0.2) is 9.78 Å². The van der Waals surface area contributed by atoms with Gasteiger partial charge < -0.3 is 15.2 Å². The summed E-state index contributed by atoms with van der Waals surface area (Å²) in [7, 11) is 0. The minimum atomic E-state index is -0.397. The third kappa shape index (κ3) is 3.67. The number of nitrogens with zero attached hydrogens (tertiary/aromatic N) is 1. The van der Waals surface area contributed by atoms with E-state index < -0.39 is 5.97 Å². The van der Waals surface area contributed by atoms with E-state index in [0.717, 1.165) is 25.7 Å². The Morgan fingerprint density at radius 2 is 2.37 bits per heavy atom. The van der Waals surface area contributed by atoms with Crippen molar-refractivity contribution in [1.82, 2.24) is 4.98 Å². The fourth-order valence-corrected chi connectivity index (χ4v) is 2.29. The highest BCUT2D eigenvalue weighted by atomic mass is 16.5. The van der Waals surface area contributed by atoms with Gasteiger partial charge in [-0.2, -0.15) is 0 Å². The standard InChI is InChI=1S/C14H20N2O3/c1-2-18-14(17)12-7-4-8-16-13(12)19-11-6-3-5-10(15)9-11/h4,7-8,10-11H,2-3,5-6,9,15H2,1H3. The summed E-state index contributed by atoms with van der Waals surface area (Å²) in [6, 6.07) is 3.54. The van der Waals surface area contributed by atoms with Gasteiger partial charge >= 0.3 is 5.97 Å². The first-order valence-electron chi connectivity index (χ1n) is 6.75. The fourth-order valence-electron chi connectivity index (χ4n) is 2.29. The quantitative estimate of drug-likeness (QED) is 0.841. The molecule has 2 rings (SSSR count). The van der Waals surface area contributed by atoms with Gasteiger partial charge in [-0.05, 0) is 44.7 Å². The lowest BCUT2D eigenvalue weighted by Gasteiger charge is -2.27. The van der Waals surface area contributed by atoms with Crippen molar-refractivity contribution in [3.8, 4) is 5.88 Å². The van der Waals surface area contributed by atoms with E-state index in [0.29, 0.717) is 18.1 Å². The molecule has 5 heteroatoms. The number of hydrogen-bond acceptors (Lipinski definition) is 5. The molecular weight excluding hydrogens is 244 g/mol. The van der Waals surface area contributed by atoms with Crippen molar-refractivity contribution in [2.75, 3.05) is 6.61 Å². The summed E-state index contributed by atoms with van der Waals surface area (Å²) in [6.45, 7) is 2.11. The molecule has 0 spiro atoms. The molecule has 5 nitrogen and oxygen atoms in total. The fraction of sp³-hybridized carbons (Fsp3) is 0.571. The lowest BCUT2D eigenvalue weighted by molar-refractivity contribution is 0.0514. The Labute approximate surface area is 113 Å². The molecule has 0 saturated heterocycles. The number of rotatable bonds is 4. The number of nitrogens with two attached hydrogens (primary N) is 1. The van der Waals surface area contributed by atoms with Gasteiger partial charge in [-0.3, -0.25) is 0 Å². The summed E-state index contributed by atoms with van der Waals surface area (Å²) < 4.78 is 10.8. The van der Waals surface area contributed by atoms with Crippen molar-refractivity contribution in [3.63, 3.8) is 0 Å². The van der Waals surface area contributed by atoms with E-state index in [1.165, 1.54) is 0 Å². The van der Waals surface area contributed by atoms with Gasteiger partial charge in [-0.1, -0.05) is 0 Å². The maximum absolute atomic E-state index is 11.8. The second-order valence-corrected chi connectivity index (χ2v) is 4.74. The van der Waals surface area contributed by atoms with Crippen LogP contribution in [0.5, 0.6) is 5.88 Å². The molecule has 1 aromatic heterocycles. The molecule has 1 saturated carbocycles. The molecule has 0 radical (unpaired) electrons. The third-order valence-corrected chi connectivity index (χ3v) is 3.21. The average molecular weight is 264 g/mol. The van der Waals surface area contributed by atoms with Crippen LogP contribution in [0.2, 0.25) is 0 Å². The van der Waals surface area contributed by atoms with E-state index in [1.54, 1.807) is 25.3 Å². The van der Waals surface area contributed by atoms with Crippen molar-refractivity contribution in [1.29, 1.82) is 0 Å². The molecule has 0 aromatic carbocycles. The van der Waals surface area contributed by atoms with Gasteiger partial charge in [0.15, 0.2) is 0 Å². The second-order valence-electron chi connectivity index (χ2n) is 4.74. The normalized spacial score (nSPS) is 22.8. The van der Waals surface area contributed by atoms with Gasteiger partial charge in [0.25, 0.3) is 0 Å². The molecule has 0 bridgehead atoms. The maximum atomic E-state index is 11.8. The number of carbonyl (C=O) groups excluding carboxylic acids is 1. The van der Waals surface area contributed by atoms with E-state index in [1.807, 2.05) is 0 Å². The van der Waals surface area contributed by atoms with Gasteiger partial charge in [0.1, 0.15) is 11.7 Å². The molecule has 1 heterocycles. The summed E-state index contributed by atoms with van der Waals surface area (Å²) in [5, 5.41) is 0. The Hall–Kier alpha value is -1.62. The molecule has 0 amide bonds. The van der Waals surface area contributed by atoms with E-state index in [-0.39, 0.29) is 12.1 Å². The highest BCUT2D eigenvalue weighted by Gasteiger charge is 2.23. The number of carbonyl (C=O) groups is 1. The number of ether oxygens (including phenoxy) is 2. The van der Waals surface area contributed by atoms with Crippen LogP contribution in [0, 0.1) is 0 Å². The zero-order chi connectivity index (χ0) is 13.7. The molecule has 0 aliphatic heterocycles. The molecule has 2 N–H and O–H groups in total. The van der Waals surface area contributed by atoms with Crippen LogP contribution >= 0.6 is 0 Å². The molecule has 2 unspecified atom stereocenters. The van der Waals surface area contributed by atoms with Crippen LogP contribution in [0.3, 0.4) is 0 Å². The van der Waals surface area contributed by atoms with Crippen LogP contribution in [0.25, 0.3) is 0 Å². The number of pyridine rings is 1. The Bertz CT molecular complexity index is 436. The minimum Gasteiger partial charge on any atom is -0.474 e. The molecule has 1 aliphatic carbocycles. The lowest BCUT2D eigenvalue weighted by atomic mass is 9.93. The molecule has 19 heavy (non-hydrogen) atoms. The van der Waals surface area contributed by atoms with Gasteiger partial charge in [0.05, 0.1) is 6.61 Å². The predicted molar refractivity (Wildman–Crippen MR) is 71.1 cm³/mol. The largest absolute Gasteiger partial charge is 0.474 e. The Morgan fingerprint density at radius 1 is 1.53 bits per heavy atom. The topological polar surface area (TPSA) is 74.4 Å². The van der Waals surface area contributed by atoms with E-state index in [2.05, 4.69) is 4.98 Å². The smallest absolute Gasteiger partial charge is 0.343 e. The molecular formula is C14H20N2O3. The van der Waals surface area contributed by atoms with Crippen molar-refractivity contribution < 1.29 is 14.3 Å². The van der Waals surface area contributed by atoms with Gasteiger partial charge in [-0.15, -0.1) is 0 Å². The van der Waals surface area contributed by atoms with E-state index in [4.69, 9.17) is 15.2 Å². The first-order chi connectivity index (χ1) is 9.20. The Kier molecular flexibility index (Phi) is 4.74. The third-order valence-electron chi connectivity index (χ3n) is 3.21. The zero-order valence-corrected chi connectivity index (χ0v) is 11.2. The van der Waals surface area contributed by atoms with Crippen LogP contribution in [0.4, 0.5) is 0 Å². The summed E-state index contributed by atoms with van der Waals surface area (Å²) in [4.78, 5) is 15.9. The predicted octanol–water partition coefficient (Wildman–Crippen LogP) is 1.91. The summed E-state index contributed by atoms with van der Waals surface area (Å²) in [5.41, 5.74) is 6.31. The zero-order valence-electron chi connectivity index (χ0n) is 11.2. The van der Waals surface area contributed by atoms with Gasteiger partial charge in [0, 0.05) is 12.2 Å². The van der Waals surface area contributed by atoms with Crippen molar-refractivity contribution in [2.45, 2.75) is 44.8 Å². The van der Waals surface area contributed by atoms with Crippen LogP contribution in [0.15, 0.2) is 18.3 Å². The summed E-state index contributed by atoms with van der Waals surface area (Å²) in [6.07, 6.45) is 5.48. The molecule has 104 valence electrons. The first kappa shape index (κ1) is 13.8. The monoisotopic (exact) mass is 264 g/mol. The lowest BCUT2D eigenvalue weighted by Crippen LogP contribution is -2.34. The second kappa shape index (κ2) is 6.52. The van der Waals surface area contributed by atoms with Crippen molar-refractivity contribution in [2.24, 2.45) is 5.73 Å². The van der Waals surface area contributed by atoms with Crippen LogP contribution in [-0.2, 0) is 4.74 Å². The number of aromatic nitrogens is 1. The van der Waals surface area contributed by atoms with Crippen molar-refractivity contribution >= 4 is 5.97 Å². The first-order valence-corrected chi connectivity index (χ1v) is 6.75. The number of hydrogen-bond donors (Lipinski definition) is 1. The average Bonchev–Trinajstić information content (AvgIpc) is 2.39. The minimum absolute atomic E-state index is 0.0341. The molecule has 1 fully saturated rings. The van der Waals surface area contributed by atoms with Crippen molar-refractivity contribution in [3.05, 3.63) is 23.9 Å². The Balaban J connectivity index is 2.09. The van der Waals surface area contributed by atoms with Crippen LogP contribution < -0.4 is 10.5 Å². The molecule has 1 aromatic rings. The van der Waals surface area contributed by atoms with Gasteiger partial charge in [0.2, 0.25) is 5.88 Å². The summed E-state index contributed by atoms with van der Waals surface area (Å²) >= 11 is 0. The molecule has 1 aliphatic rings. The summed E-state index contributed by atoms with van der Waals surface area (Å²) in [5.74, 6) is -0.0502. The molecule has 2 atom stereocenters. The highest BCUT2D eigenvalue weighted by molar-refractivity contribution is 5.91. The van der Waals surface area contributed by atoms with Crippen LogP contribution in [-0.4, -0.2) is 29.7 Å². The maximum Gasteiger partial charge on any atom is 0.343 e. The van der Waals surface area contributed by atoms with Crippen LogP contribution in [0.1, 0.15) is 43.0 Å². The van der Waals surface area contributed by atoms with E-state index >= 15 is 0 Å².